The minimum atomic E-state index is 0. The van der Waals surface area contributed by atoms with Crippen molar-refractivity contribution in [3.05, 3.63) is 228 Å². The first-order valence-electron chi connectivity index (χ1n) is 22.4. The number of hydrogen-bond acceptors (Lipinski definition) is 7. The Balaban J connectivity index is 0.000000492. The van der Waals surface area contributed by atoms with Crippen LogP contribution in [-0.2, 0) is 35.2 Å². The van der Waals surface area contributed by atoms with Crippen LogP contribution in [0.4, 0.5) is 28.4 Å². The largest absolute Gasteiger partial charge is 0.506 e. The molecule has 0 spiro atoms. The number of pyridine rings is 3. The number of rotatable bonds is 9. The zero-order chi connectivity index (χ0) is 49.8. The molecule has 0 atom stereocenters. The highest BCUT2D eigenvalue weighted by Gasteiger charge is 2.16. The highest BCUT2D eigenvalue weighted by atomic mass is 35.5. The second-order valence-electron chi connectivity index (χ2n) is 16.2. The molecule has 0 radical (unpaired) electrons. The van der Waals surface area contributed by atoms with E-state index in [0.717, 1.165) is 44.7 Å². The third kappa shape index (κ3) is 20.4. The Labute approximate surface area is 452 Å². The number of nitrogens with two attached hydrogens (primary N) is 2. The molecule has 9 aromatic rings. The van der Waals surface area contributed by atoms with Crippen LogP contribution in [0.15, 0.2) is 210 Å². The van der Waals surface area contributed by atoms with Gasteiger partial charge in [0.25, 0.3) is 0 Å². The predicted molar refractivity (Wildman–Crippen MR) is 320 cm³/mol. The number of phenolic OH excluding ortho intramolecular Hbond substituents is 1. The van der Waals surface area contributed by atoms with E-state index < -0.39 is 0 Å². The summed E-state index contributed by atoms with van der Waals surface area (Å²) in [6.07, 6.45) is 22.3. The Morgan fingerprint density at radius 3 is 1.57 bits per heavy atom. The van der Waals surface area contributed by atoms with E-state index in [0.29, 0.717) is 16.4 Å². The van der Waals surface area contributed by atoms with Gasteiger partial charge < -0.3 is 16.6 Å². The van der Waals surface area contributed by atoms with Crippen LogP contribution in [0.1, 0.15) is 65.1 Å². The molecule has 0 aliphatic rings. The molecule has 0 aliphatic heterocycles. The number of hydrogen-bond donors (Lipinski definition) is 3. The number of azo groups is 1. The van der Waals surface area contributed by atoms with Crippen molar-refractivity contribution >= 4 is 81.5 Å². The molecule has 5 aromatic carbocycles. The fourth-order valence-corrected chi connectivity index (χ4v) is 6.70. The minimum Gasteiger partial charge on any atom is -0.506 e. The molecule has 0 saturated carbocycles. The Morgan fingerprint density at radius 1 is 0.547 bits per heavy atom. The van der Waals surface area contributed by atoms with Gasteiger partial charge in [0.05, 0.1) is 30.0 Å². The Morgan fingerprint density at radius 2 is 1.04 bits per heavy atom. The predicted octanol–water partition coefficient (Wildman–Crippen LogP) is 13.5. The average molecular weight is 1030 g/mol. The first-order chi connectivity index (χ1) is 33.8. The number of anilines is 3. The number of hydrazone groups is 1. The van der Waals surface area contributed by atoms with E-state index >= 15 is 0 Å². The number of aromatic hydroxyl groups is 1. The quantitative estimate of drug-likeness (QED) is 0.0436. The van der Waals surface area contributed by atoms with Crippen molar-refractivity contribution < 1.29 is 23.5 Å². The van der Waals surface area contributed by atoms with E-state index in [4.69, 9.17) is 23.1 Å². The van der Waals surface area contributed by atoms with Crippen LogP contribution in [0.5, 0.6) is 5.75 Å². The van der Waals surface area contributed by atoms with Crippen molar-refractivity contribution in [2.75, 3.05) is 23.5 Å². The van der Waals surface area contributed by atoms with Crippen LogP contribution < -0.4 is 34.9 Å². The molecule has 0 bridgehead atoms. The fraction of sp³-hybridized carbons (Fsp3) is 0.177. The van der Waals surface area contributed by atoms with Crippen molar-refractivity contribution in [3.8, 4) is 5.75 Å². The Kier molecular flexibility index (Phi) is 27.7. The summed E-state index contributed by atoms with van der Waals surface area (Å²) < 4.78 is 9.92. The first-order valence-corrected chi connectivity index (χ1v) is 22.8. The number of nitrogen functional groups attached to an aromatic ring is 2. The summed E-state index contributed by atoms with van der Waals surface area (Å²) in [6, 6.07) is 50.6. The molecule has 5 N–H and O–H groups in total. The SMILES string of the molecule is C.C.C.C.C.CN(N=Cc1cc[n+](C)cc1)c1ccccc1.C[n+]1ccc(C=Cc2ccc(N)cc2)cc1.C[n+]1ccccc1C=Cc1ccc(N)cc1.Cn1c2c(N=Nc3ccc(Cl)cc3)c(O)ccc2c[n+]1C. The number of halogens is 1. The van der Waals surface area contributed by atoms with E-state index in [9.17, 15) is 5.11 Å². The number of benzene rings is 5. The second kappa shape index (κ2) is 32.4. The van der Waals surface area contributed by atoms with Crippen LogP contribution in [-0.4, -0.2) is 23.1 Å². The molecule has 13 heteroatoms. The van der Waals surface area contributed by atoms with E-state index in [-0.39, 0.29) is 42.9 Å². The van der Waals surface area contributed by atoms with Gasteiger partial charge in [-0.2, -0.15) is 14.9 Å². The van der Waals surface area contributed by atoms with Gasteiger partial charge >= 0.3 is 0 Å². The van der Waals surface area contributed by atoms with Gasteiger partial charge in [-0.05, 0) is 102 Å². The third-order valence-electron chi connectivity index (χ3n) is 10.8. The van der Waals surface area contributed by atoms with E-state index in [2.05, 4.69) is 62.4 Å². The van der Waals surface area contributed by atoms with Crippen molar-refractivity contribution in [1.82, 2.24) is 4.68 Å². The molecule has 0 unspecified atom stereocenters. The molecule has 9 rings (SSSR count). The molecule has 75 heavy (non-hydrogen) atoms. The molecule has 0 amide bonds. The lowest BCUT2D eigenvalue weighted by molar-refractivity contribution is -0.748. The monoisotopic (exact) mass is 1030 g/mol. The van der Waals surface area contributed by atoms with Crippen LogP contribution >= 0.6 is 11.6 Å². The van der Waals surface area contributed by atoms with Gasteiger partial charge in [-0.15, -0.1) is 9.80 Å². The van der Waals surface area contributed by atoms with Crippen LogP contribution in [0.3, 0.4) is 0 Å². The van der Waals surface area contributed by atoms with Gasteiger partial charge in [-0.3, -0.25) is 5.01 Å². The summed E-state index contributed by atoms with van der Waals surface area (Å²) in [5, 5.41) is 26.3. The summed E-state index contributed by atoms with van der Waals surface area (Å²) in [4.78, 5) is 0. The third-order valence-corrected chi connectivity index (χ3v) is 11.0. The van der Waals surface area contributed by atoms with Gasteiger partial charge in [0.1, 0.15) is 32.4 Å². The lowest BCUT2D eigenvalue weighted by atomic mass is 10.1. The highest BCUT2D eigenvalue weighted by molar-refractivity contribution is 6.30. The fourth-order valence-electron chi connectivity index (χ4n) is 6.57. The maximum atomic E-state index is 10.1. The molecule has 0 fully saturated rings. The minimum absolute atomic E-state index is 0. The van der Waals surface area contributed by atoms with E-state index in [1.807, 2.05) is 218 Å². The number of fused-ring (bicyclic) bond motifs is 1. The standard InChI is InChI=1S/C15H13ClN4O.C14H16N3.2C14H14N2.5CH4/c1-19-9-10-3-8-13(21)14(15(10)20(19)2)18-17-12-6-4-11(16)5-7-12;1-16-10-8-13(9-11-16)12-15-17(2)14-6-4-3-5-7-14;1-16-10-8-13(9-11-16)3-2-12-4-6-14(15)7-5-12;1-16-11-3-2-4-14(16)10-7-12-5-8-13(15)9-6-12;;;;;/h3-9H,1-2H3;3-12H,1-2H3;2*2-11,15H,1H3;5*1H4/q;+1;;;;;;;/p+3. The number of aromatic nitrogens is 5. The topological polar surface area (TPSA) is 133 Å². The number of aryl methyl sites for hydroxylation is 5. The molecule has 4 heterocycles. The lowest BCUT2D eigenvalue weighted by Crippen LogP contribution is -2.35. The molecular weight excluding hydrogens is 950 g/mol. The summed E-state index contributed by atoms with van der Waals surface area (Å²) in [5.74, 6) is 0.0991. The van der Waals surface area contributed by atoms with Gasteiger partial charge in [0.2, 0.25) is 11.9 Å². The maximum absolute atomic E-state index is 10.1. The molecular formula is C62H80ClN11O+4. The Bertz CT molecular complexity index is 3120. The van der Waals surface area contributed by atoms with Gasteiger partial charge in [0, 0.05) is 71.5 Å². The summed E-state index contributed by atoms with van der Waals surface area (Å²) in [6.45, 7) is 0. The molecule has 0 saturated heterocycles. The summed E-state index contributed by atoms with van der Waals surface area (Å²) >= 11 is 5.84. The molecule has 4 aromatic heterocycles. The van der Waals surface area contributed by atoms with Crippen molar-refractivity contribution in [3.63, 3.8) is 0 Å². The van der Waals surface area contributed by atoms with Crippen LogP contribution in [0.25, 0.3) is 35.2 Å². The average Bonchev–Trinajstić information content (AvgIpc) is 3.67. The second-order valence-corrected chi connectivity index (χ2v) is 16.6. The number of phenols is 1. The maximum Gasteiger partial charge on any atom is 0.204 e. The van der Waals surface area contributed by atoms with E-state index in [1.54, 1.807) is 30.3 Å². The highest BCUT2D eigenvalue weighted by Crippen LogP contribution is 2.35. The van der Waals surface area contributed by atoms with Crippen molar-refractivity contribution in [1.29, 1.82) is 0 Å². The molecule has 392 valence electrons. The van der Waals surface area contributed by atoms with Crippen LogP contribution in [0.2, 0.25) is 5.02 Å². The van der Waals surface area contributed by atoms with Gasteiger partial charge in [-0.1, -0.05) is 103 Å². The number of para-hydroxylation sites is 1. The zero-order valence-electron chi connectivity index (χ0n) is 40.4. The van der Waals surface area contributed by atoms with E-state index in [1.165, 1.54) is 11.3 Å². The smallest absolute Gasteiger partial charge is 0.204 e. The zero-order valence-corrected chi connectivity index (χ0v) is 41.1. The van der Waals surface area contributed by atoms with Crippen molar-refractivity contribution in [2.45, 2.75) is 37.1 Å². The summed E-state index contributed by atoms with van der Waals surface area (Å²) in [5.41, 5.74) is 21.6. The molecule has 12 nitrogen and oxygen atoms in total. The normalized spacial score (nSPS) is 10.3. The summed E-state index contributed by atoms with van der Waals surface area (Å²) in [7, 11) is 11.8. The molecule has 0 aliphatic carbocycles. The lowest BCUT2D eigenvalue weighted by Gasteiger charge is -2.11. The van der Waals surface area contributed by atoms with Gasteiger partial charge in [-0.25, -0.2) is 13.7 Å². The van der Waals surface area contributed by atoms with Crippen LogP contribution in [0, 0.1) is 0 Å². The Hall–Kier alpha value is -8.74. The van der Waals surface area contributed by atoms with Gasteiger partial charge in [0.15, 0.2) is 43.7 Å². The van der Waals surface area contributed by atoms with Crippen molar-refractivity contribution in [2.24, 2.45) is 50.6 Å². The first kappa shape index (κ1) is 64.3. The number of nitrogens with zero attached hydrogens (tertiary/aromatic N) is 9.